The van der Waals surface area contributed by atoms with Gasteiger partial charge in [-0.2, -0.15) is 0 Å². The number of piperazine rings is 1. The monoisotopic (exact) mass is 290 g/mol. The van der Waals surface area contributed by atoms with Gasteiger partial charge in [-0.1, -0.05) is 13.0 Å². The lowest BCUT2D eigenvalue weighted by atomic mass is 10.1. The van der Waals surface area contributed by atoms with E-state index in [-0.39, 0.29) is 5.78 Å². The normalized spacial score (nSPS) is 16.9. The van der Waals surface area contributed by atoms with Crippen molar-refractivity contribution in [1.29, 1.82) is 0 Å². The lowest BCUT2D eigenvalue weighted by Crippen LogP contribution is -2.47. The van der Waals surface area contributed by atoms with E-state index in [1.165, 1.54) is 6.42 Å². The molecule has 4 heteroatoms. The molecule has 1 saturated heterocycles. The highest BCUT2D eigenvalue weighted by Gasteiger charge is 2.20. The first-order valence-electron chi connectivity index (χ1n) is 7.76. The van der Waals surface area contributed by atoms with Crippen LogP contribution in [0.1, 0.15) is 29.3 Å². The van der Waals surface area contributed by atoms with Crippen LogP contribution in [0.2, 0.25) is 0 Å². The molecule has 1 aromatic rings. The maximum atomic E-state index is 12.5. The van der Waals surface area contributed by atoms with Crippen LogP contribution in [0.15, 0.2) is 18.2 Å². The number of ketones is 1. The number of aryl methyl sites for hydroxylation is 1. The lowest BCUT2D eigenvalue weighted by molar-refractivity contribution is 0.0850. The third-order valence-electron chi connectivity index (χ3n) is 4.03. The molecule has 1 aliphatic rings. The number of benzene rings is 1. The summed E-state index contributed by atoms with van der Waals surface area (Å²) in [7, 11) is 1.62. The second-order valence-corrected chi connectivity index (χ2v) is 5.74. The highest BCUT2D eigenvalue weighted by atomic mass is 16.5. The van der Waals surface area contributed by atoms with Gasteiger partial charge in [0.05, 0.1) is 19.2 Å². The number of methoxy groups -OCH3 is 1. The van der Waals surface area contributed by atoms with Crippen LogP contribution in [-0.4, -0.2) is 62.0 Å². The molecule has 1 heterocycles. The summed E-state index contributed by atoms with van der Waals surface area (Å²) in [6.07, 6.45) is 1.19. The minimum Gasteiger partial charge on any atom is -0.496 e. The summed E-state index contributed by atoms with van der Waals surface area (Å²) in [4.78, 5) is 17.2. The van der Waals surface area contributed by atoms with Gasteiger partial charge in [0.1, 0.15) is 5.75 Å². The first-order chi connectivity index (χ1) is 10.1. The van der Waals surface area contributed by atoms with Crippen LogP contribution in [0.3, 0.4) is 0 Å². The highest BCUT2D eigenvalue weighted by molar-refractivity contribution is 6.00. The molecular weight excluding hydrogens is 264 g/mol. The van der Waals surface area contributed by atoms with Crippen LogP contribution in [0.25, 0.3) is 0 Å². The van der Waals surface area contributed by atoms with Crippen molar-refractivity contribution >= 4 is 5.78 Å². The average Bonchev–Trinajstić information content (AvgIpc) is 2.49. The largest absolute Gasteiger partial charge is 0.496 e. The minimum absolute atomic E-state index is 0.149. The van der Waals surface area contributed by atoms with Gasteiger partial charge in [0.25, 0.3) is 0 Å². The van der Waals surface area contributed by atoms with Gasteiger partial charge in [0.2, 0.25) is 0 Å². The Kier molecular flexibility index (Phi) is 5.76. The zero-order valence-corrected chi connectivity index (χ0v) is 13.4. The Morgan fingerprint density at radius 2 is 1.86 bits per heavy atom. The van der Waals surface area contributed by atoms with Gasteiger partial charge < -0.3 is 9.64 Å². The Hall–Kier alpha value is -1.39. The van der Waals surface area contributed by atoms with Gasteiger partial charge in [-0.3, -0.25) is 9.69 Å². The first kappa shape index (κ1) is 16.0. The SMILES string of the molecule is CCCN1CCN(CC(=O)c2ccc(C)cc2OC)CC1. The van der Waals surface area contributed by atoms with Crippen molar-refractivity contribution in [2.45, 2.75) is 20.3 Å². The summed E-state index contributed by atoms with van der Waals surface area (Å²) in [5, 5.41) is 0. The van der Waals surface area contributed by atoms with Gasteiger partial charge in [-0.25, -0.2) is 0 Å². The molecule has 0 amide bonds. The fourth-order valence-corrected chi connectivity index (χ4v) is 2.80. The van der Waals surface area contributed by atoms with Crippen LogP contribution in [-0.2, 0) is 0 Å². The molecule has 0 saturated carbocycles. The quantitative estimate of drug-likeness (QED) is 0.752. The Balaban J connectivity index is 1.93. The third kappa shape index (κ3) is 4.29. The average molecular weight is 290 g/mol. The Labute approximate surface area is 127 Å². The predicted octanol–water partition coefficient (Wildman–Crippen LogP) is 2.21. The van der Waals surface area contributed by atoms with Crippen molar-refractivity contribution in [2.75, 3.05) is 46.4 Å². The predicted molar refractivity (Wildman–Crippen MR) is 85.2 cm³/mol. The standard InChI is InChI=1S/C17H26N2O2/c1-4-7-18-8-10-19(11-9-18)13-16(20)15-6-5-14(2)12-17(15)21-3/h5-6,12H,4,7-11,13H2,1-3H3. The van der Waals surface area contributed by atoms with Crippen molar-refractivity contribution < 1.29 is 9.53 Å². The molecule has 2 rings (SSSR count). The molecule has 1 aromatic carbocycles. The highest BCUT2D eigenvalue weighted by Crippen LogP contribution is 2.21. The molecule has 0 bridgehead atoms. The van der Waals surface area contributed by atoms with E-state index in [0.717, 1.165) is 38.3 Å². The molecule has 1 aliphatic heterocycles. The van der Waals surface area contributed by atoms with E-state index in [9.17, 15) is 4.79 Å². The Bertz CT molecular complexity index is 480. The molecule has 1 fully saturated rings. The number of Topliss-reactive ketones (excluding diaryl/α,β-unsaturated/α-hetero) is 1. The van der Waals surface area contributed by atoms with E-state index >= 15 is 0 Å². The topological polar surface area (TPSA) is 32.8 Å². The second kappa shape index (κ2) is 7.57. The molecule has 21 heavy (non-hydrogen) atoms. The number of nitrogens with zero attached hydrogens (tertiary/aromatic N) is 2. The number of hydrogen-bond acceptors (Lipinski definition) is 4. The smallest absolute Gasteiger partial charge is 0.180 e. The third-order valence-corrected chi connectivity index (χ3v) is 4.03. The summed E-state index contributed by atoms with van der Waals surface area (Å²) >= 11 is 0. The maximum Gasteiger partial charge on any atom is 0.180 e. The van der Waals surface area contributed by atoms with Gasteiger partial charge in [0.15, 0.2) is 5.78 Å². The number of rotatable bonds is 6. The summed E-state index contributed by atoms with van der Waals surface area (Å²) in [5.41, 5.74) is 1.80. The summed E-state index contributed by atoms with van der Waals surface area (Å²) in [6, 6.07) is 5.77. The van der Waals surface area contributed by atoms with Crippen molar-refractivity contribution in [2.24, 2.45) is 0 Å². The zero-order chi connectivity index (χ0) is 15.2. The van der Waals surface area contributed by atoms with Crippen molar-refractivity contribution in [3.8, 4) is 5.75 Å². The number of hydrogen-bond donors (Lipinski definition) is 0. The van der Waals surface area contributed by atoms with Crippen LogP contribution >= 0.6 is 0 Å². The molecule has 0 aliphatic carbocycles. The van der Waals surface area contributed by atoms with Crippen LogP contribution in [0.4, 0.5) is 0 Å². The van der Waals surface area contributed by atoms with Crippen molar-refractivity contribution in [3.63, 3.8) is 0 Å². The molecule has 0 radical (unpaired) electrons. The summed E-state index contributed by atoms with van der Waals surface area (Å²) in [6.45, 7) is 9.92. The maximum absolute atomic E-state index is 12.5. The number of carbonyl (C=O) groups excluding carboxylic acids is 1. The van der Waals surface area contributed by atoms with Crippen LogP contribution < -0.4 is 4.74 Å². The molecule has 0 N–H and O–H groups in total. The molecule has 0 aromatic heterocycles. The van der Waals surface area contributed by atoms with E-state index in [2.05, 4.69) is 16.7 Å². The lowest BCUT2D eigenvalue weighted by Gasteiger charge is -2.34. The van der Waals surface area contributed by atoms with Gasteiger partial charge >= 0.3 is 0 Å². The van der Waals surface area contributed by atoms with Crippen molar-refractivity contribution in [3.05, 3.63) is 29.3 Å². The Morgan fingerprint density at radius 3 is 2.48 bits per heavy atom. The molecule has 4 nitrogen and oxygen atoms in total. The second-order valence-electron chi connectivity index (χ2n) is 5.74. The first-order valence-corrected chi connectivity index (χ1v) is 7.76. The summed E-state index contributed by atoms with van der Waals surface area (Å²) < 4.78 is 5.34. The fourth-order valence-electron chi connectivity index (χ4n) is 2.80. The molecular formula is C17H26N2O2. The molecule has 0 atom stereocenters. The van der Waals surface area contributed by atoms with E-state index < -0.39 is 0 Å². The minimum atomic E-state index is 0.149. The number of ether oxygens (including phenoxy) is 1. The molecule has 0 spiro atoms. The van der Waals surface area contributed by atoms with Crippen LogP contribution in [0, 0.1) is 6.92 Å². The summed E-state index contributed by atoms with van der Waals surface area (Å²) in [5.74, 6) is 0.834. The van der Waals surface area contributed by atoms with E-state index in [0.29, 0.717) is 17.9 Å². The molecule has 116 valence electrons. The zero-order valence-electron chi connectivity index (χ0n) is 13.4. The van der Waals surface area contributed by atoms with Crippen molar-refractivity contribution in [1.82, 2.24) is 9.80 Å². The van der Waals surface area contributed by atoms with E-state index in [4.69, 9.17) is 4.74 Å². The van der Waals surface area contributed by atoms with Gasteiger partial charge in [-0.15, -0.1) is 0 Å². The fraction of sp³-hybridized carbons (Fsp3) is 0.588. The number of carbonyl (C=O) groups is 1. The van der Waals surface area contributed by atoms with E-state index in [1.54, 1.807) is 7.11 Å². The van der Waals surface area contributed by atoms with Gasteiger partial charge in [-0.05, 0) is 37.6 Å². The van der Waals surface area contributed by atoms with Crippen LogP contribution in [0.5, 0.6) is 5.75 Å². The van der Waals surface area contributed by atoms with Gasteiger partial charge in [0, 0.05) is 26.2 Å². The van der Waals surface area contributed by atoms with E-state index in [1.807, 2.05) is 25.1 Å². The Morgan fingerprint density at radius 1 is 1.19 bits per heavy atom. The molecule has 0 unspecified atom stereocenters.